The lowest BCUT2D eigenvalue weighted by atomic mass is 10.0. The molecule has 0 unspecified atom stereocenters. The van der Waals surface area contributed by atoms with Crippen LogP contribution in [0.25, 0.3) is 22.3 Å². The maximum Gasteiger partial charge on any atom is 0.254 e. The molecule has 29 heavy (non-hydrogen) atoms. The van der Waals surface area contributed by atoms with Gasteiger partial charge in [-0.25, -0.2) is 4.98 Å². The summed E-state index contributed by atoms with van der Waals surface area (Å²) in [5, 5.41) is 5.34. The molecule has 1 spiro atoms. The van der Waals surface area contributed by atoms with Gasteiger partial charge in [-0.2, -0.15) is 5.10 Å². The van der Waals surface area contributed by atoms with Crippen molar-refractivity contribution >= 4 is 16.9 Å². The van der Waals surface area contributed by atoms with Gasteiger partial charge in [0.05, 0.1) is 35.6 Å². The second-order valence-corrected chi connectivity index (χ2v) is 7.73. The molecule has 7 heteroatoms. The van der Waals surface area contributed by atoms with E-state index in [0.717, 1.165) is 28.0 Å². The smallest absolute Gasteiger partial charge is 0.254 e. The predicted molar refractivity (Wildman–Crippen MR) is 108 cm³/mol. The largest absolute Gasteiger partial charge is 0.347 e. The fraction of sp³-hybridized carbons (Fsp3) is 0.409. The highest BCUT2D eigenvalue weighted by atomic mass is 16.7. The Kier molecular flexibility index (Phi) is 4.37. The maximum atomic E-state index is 13.5. The molecule has 0 radical (unpaired) electrons. The number of piperidine rings is 1. The van der Waals surface area contributed by atoms with Crippen molar-refractivity contribution < 1.29 is 14.3 Å². The van der Waals surface area contributed by atoms with Gasteiger partial charge < -0.3 is 14.4 Å². The molecular weight excluding hydrogens is 368 g/mol. The molecule has 0 N–H and O–H groups in total. The molecule has 7 nitrogen and oxygen atoms in total. The number of pyridine rings is 1. The molecule has 2 saturated heterocycles. The first-order valence-electron chi connectivity index (χ1n) is 10.0. The van der Waals surface area contributed by atoms with Crippen molar-refractivity contribution in [2.75, 3.05) is 26.3 Å². The van der Waals surface area contributed by atoms with E-state index in [1.54, 1.807) is 4.68 Å². The number of nitrogens with zero attached hydrogens (tertiary/aromatic N) is 4. The van der Waals surface area contributed by atoms with Crippen LogP contribution in [-0.4, -0.2) is 57.7 Å². The van der Waals surface area contributed by atoms with Crippen LogP contribution >= 0.6 is 0 Å². The fourth-order valence-corrected chi connectivity index (χ4v) is 4.38. The Morgan fingerprint density at radius 1 is 1.10 bits per heavy atom. The Balaban J connectivity index is 1.54. The Morgan fingerprint density at radius 2 is 1.79 bits per heavy atom. The number of amides is 1. The van der Waals surface area contributed by atoms with E-state index in [9.17, 15) is 4.79 Å². The van der Waals surface area contributed by atoms with Crippen LogP contribution in [0, 0.1) is 6.92 Å². The molecule has 1 aromatic carbocycles. The van der Waals surface area contributed by atoms with E-state index in [1.165, 1.54) is 0 Å². The van der Waals surface area contributed by atoms with Gasteiger partial charge in [-0.15, -0.1) is 0 Å². The second-order valence-electron chi connectivity index (χ2n) is 7.73. The topological polar surface area (TPSA) is 69.5 Å². The standard InChI is InChI=1S/C22H24N4O3/c1-15-19-17(21(27)26-10-8-22(9-11-26)28-12-13-29-22)14-18(16-6-4-3-5-7-16)23-20(19)25(2)24-15/h3-7,14H,8-13H2,1-2H3. The van der Waals surface area contributed by atoms with Crippen molar-refractivity contribution in [3.05, 3.63) is 47.7 Å². The molecule has 5 rings (SSSR count). The third-order valence-corrected chi connectivity index (χ3v) is 5.89. The molecule has 4 heterocycles. The maximum absolute atomic E-state index is 13.5. The normalized spacial score (nSPS) is 18.6. The Hall–Kier alpha value is -2.77. The SMILES string of the molecule is Cc1nn(C)c2nc(-c3ccccc3)cc(C(=O)N3CCC4(CC3)OCCO4)c12. The highest BCUT2D eigenvalue weighted by molar-refractivity contribution is 6.07. The van der Waals surface area contributed by atoms with Gasteiger partial charge in [0.2, 0.25) is 0 Å². The summed E-state index contributed by atoms with van der Waals surface area (Å²) in [5.74, 6) is -0.484. The number of aromatic nitrogens is 3. The fourth-order valence-electron chi connectivity index (χ4n) is 4.38. The van der Waals surface area contributed by atoms with Crippen LogP contribution in [-0.2, 0) is 16.5 Å². The van der Waals surface area contributed by atoms with E-state index < -0.39 is 5.79 Å². The summed E-state index contributed by atoms with van der Waals surface area (Å²) in [6.07, 6.45) is 1.40. The molecular formula is C22H24N4O3. The number of hydrogen-bond donors (Lipinski definition) is 0. The summed E-state index contributed by atoms with van der Waals surface area (Å²) >= 11 is 0. The minimum Gasteiger partial charge on any atom is -0.347 e. The minimum absolute atomic E-state index is 0.0125. The first-order chi connectivity index (χ1) is 14.1. The lowest BCUT2D eigenvalue weighted by Crippen LogP contribution is -2.47. The zero-order chi connectivity index (χ0) is 20.0. The number of carbonyl (C=O) groups is 1. The summed E-state index contributed by atoms with van der Waals surface area (Å²) in [7, 11) is 1.87. The zero-order valence-corrected chi connectivity index (χ0v) is 16.7. The summed E-state index contributed by atoms with van der Waals surface area (Å²) in [5.41, 5.74) is 3.95. The van der Waals surface area contributed by atoms with Crippen LogP contribution in [0.1, 0.15) is 28.9 Å². The monoisotopic (exact) mass is 392 g/mol. The van der Waals surface area contributed by atoms with E-state index in [2.05, 4.69) is 5.10 Å². The molecule has 1 amide bonds. The van der Waals surface area contributed by atoms with E-state index in [1.807, 2.05) is 55.3 Å². The van der Waals surface area contributed by atoms with Crippen LogP contribution < -0.4 is 0 Å². The summed E-state index contributed by atoms with van der Waals surface area (Å²) in [6.45, 7) is 4.42. The minimum atomic E-state index is -0.496. The predicted octanol–water partition coefficient (Wildman–Crippen LogP) is 2.92. The van der Waals surface area contributed by atoms with Gasteiger partial charge in [-0.3, -0.25) is 9.48 Å². The highest BCUT2D eigenvalue weighted by Gasteiger charge is 2.41. The third kappa shape index (κ3) is 3.10. The second kappa shape index (κ2) is 6.93. The van der Waals surface area contributed by atoms with Gasteiger partial charge in [0.15, 0.2) is 11.4 Å². The van der Waals surface area contributed by atoms with Crippen molar-refractivity contribution in [2.24, 2.45) is 7.05 Å². The van der Waals surface area contributed by atoms with E-state index >= 15 is 0 Å². The first kappa shape index (κ1) is 18.3. The molecule has 3 aromatic rings. The molecule has 2 aliphatic rings. The van der Waals surface area contributed by atoms with Crippen molar-refractivity contribution in [1.82, 2.24) is 19.7 Å². The van der Waals surface area contributed by atoms with Crippen LogP contribution in [0.5, 0.6) is 0 Å². The molecule has 0 bridgehead atoms. The molecule has 0 saturated carbocycles. The van der Waals surface area contributed by atoms with E-state index in [0.29, 0.717) is 44.7 Å². The van der Waals surface area contributed by atoms with Gasteiger partial charge in [-0.1, -0.05) is 30.3 Å². The number of carbonyl (C=O) groups excluding carboxylic acids is 1. The van der Waals surface area contributed by atoms with Crippen LogP contribution in [0.3, 0.4) is 0 Å². The molecule has 2 aromatic heterocycles. The van der Waals surface area contributed by atoms with Gasteiger partial charge >= 0.3 is 0 Å². The Morgan fingerprint density at radius 3 is 2.48 bits per heavy atom. The van der Waals surface area contributed by atoms with Gasteiger partial charge in [-0.05, 0) is 13.0 Å². The number of benzene rings is 1. The molecule has 2 fully saturated rings. The molecule has 2 aliphatic heterocycles. The number of hydrogen-bond acceptors (Lipinski definition) is 5. The number of aryl methyl sites for hydroxylation is 2. The van der Waals surface area contributed by atoms with Crippen LogP contribution in [0.15, 0.2) is 36.4 Å². The van der Waals surface area contributed by atoms with Gasteiger partial charge in [0.25, 0.3) is 5.91 Å². The average Bonchev–Trinajstić information content (AvgIpc) is 3.32. The molecule has 150 valence electrons. The number of ether oxygens (including phenoxy) is 2. The number of rotatable bonds is 2. The quantitative estimate of drug-likeness (QED) is 0.671. The number of fused-ring (bicyclic) bond motifs is 1. The van der Waals surface area contributed by atoms with Crippen LogP contribution in [0.4, 0.5) is 0 Å². The van der Waals surface area contributed by atoms with Crippen molar-refractivity contribution in [3.63, 3.8) is 0 Å². The summed E-state index contributed by atoms with van der Waals surface area (Å²) in [4.78, 5) is 20.2. The zero-order valence-electron chi connectivity index (χ0n) is 16.7. The van der Waals surface area contributed by atoms with E-state index in [4.69, 9.17) is 14.5 Å². The van der Waals surface area contributed by atoms with Crippen LogP contribution in [0.2, 0.25) is 0 Å². The molecule has 0 aliphatic carbocycles. The van der Waals surface area contributed by atoms with Gasteiger partial charge in [0, 0.05) is 38.5 Å². The number of likely N-dealkylation sites (tertiary alicyclic amines) is 1. The van der Waals surface area contributed by atoms with Gasteiger partial charge in [0.1, 0.15) is 0 Å². The summed E-state index contributed by atoms with van der Waals surface area (Å²) < 4.78 is 13.4. The van der Waals surface area contributed by atoms with Crippen molar-refractivity contribution in [3.8, 4) is 11.3 Å². The average molecular weight is 392 g/mol. The lowest BCUT2D eigenvalue weighted by molar-refractivity contribution is -0.181. The van der Waals surface area contributed by atoms with E-state index in [-0.39, 0.29) is 5.91 Å². The molecule has 0 atom stereocenters. The highest BCUT2D eigenvalue weighted by Crippen LogP contribution is 2.33. The third-order valence-electron chi connectivity index (χ3n) is 5.89. The first-order valence-corrected chi connectivity index (χ1v) is 10.0. The van der Waals surface area contributed by atoms with Crippen molar-refractivity contribution in [2.45, 2.75) is 25.6 Å². The summed E-state index contributed by atoms with van der Waals surface area (Å²) in [6, 6.07) is 11.8. The Bertz CT molecular complexity index is 1060. The lowest BCUT2D eigenvalue weighted by Gasteiger charge is -2.37. The van der Waals surface area contributed by atoms with Crippen molar-refractivity contribution in [1.29, 1.82) is 0 Å². The Labute approximate surface area is 169 Å².